The lowest BCUT2D eigenvalue weighted by molar-refractivity contribution is 0.122. The zero-order valence-electron chi connectivity index (χ0n) is 14.9. The summed E-state index contributed by atoms with van der Waals surface area (Å²) in [7, 11) is 3.63. The summed E-state index contributed by atoms with van der Waals surface area (Å²) in [6.45, 7) is 2.97. The summed E-state index contributed by atoms with van der Waals surface area (Å²) in [5.74, 6) is 2.31. The summed E-state index contributed by atoms with van der Waals surface area (Å²) in [6, 6.07) is 7.90. The molecule has 134 valence electrons. The molecule has 4 rings (SSSR count). The van der Waals surface area contributed by atoms with Crippen LogP contribution in [0.1, 0.15) is 0 Å². The summed E-state index contributed by atoms with van der Waals surface area (Å²) in [5.41, 5.74) is 2.73. The van der Waals surface area contributed by atoms with Crippen molar-refractivity contribution in [3.8, 4) is 28.4 Å². The number of rotatable bonds is 4. The van der Waals surface area contributed by atoms with E-state index in [2.05, 4.69) is 14.9 Å². The molecule has 3 heterocycles. The highest BCUT2D eigenvalue weighted by atomic mass is 16.5. The molecule has 0 radical (unpaired) electrons. The standard InChI is InChI=1S/C19H21N5O2/c1-23-7-6-20-18(23)17-16(14-4-3-5-15(12-14)25-2)13-21-19(22-17)24-8-10-26-11-9-24/h3-7,12-13H,8-11H2,1-2H3. The first-order valence-electron chi connectivity index (χ1n) is 8.58. The summed E-state index contributed by atoms with van der Waals surface area (Å²) in [4.78, 5) is 16.1. The zero-order chi connectivity index (χ0) is 17.9. The highest BCUT2D eigenvalue weighted by molar-refractivity contribution is 5.78. The monoisotopic (exact) mass is 351 g/mol. The van der Waals surface area contributed by atoms with Crippen molar-refractivity contribution in [2.45, 2.75) is 0 Å². The third-order valence-corrected chi connectivity index (χ3v) is 4.48. The van der Waals surface area contributed by atoms with Gasteiger partial charge in [-0.15, -0.1) is 0 Å². The first-order chi connectivity index (χ1) is 12.8. The van der Waals surface area contributed by atoms with E-state index in [-0.39, 0.29) is 0 Å². The van der Waals surface area contributed by atoms with Crippen LogP contribution >= 0.6 is 0 Å². The molecule has 0 bridgehead atoms. The Hall–Kier alpha value is -2.93. The van der Waals surface area contributed by atoms with E-state index in [1.54, 1.807) is 13.3 Å². The van der Waals surface area contributed by atoms with Crippen LogP contribution in [0.4, 0.5) is 5.95 Å². The Labute approximate surface area is 152 Å². The molecule has 0 amide bonds. The van der Waals surface area contributed by atoms with Gasteiger partial charge in [0.05, 0.1) is 20.3 Å². The number of benzene rings is 1. The Morgan fingerprint density at radius 1 is 1.15 bits per heavy atom. The summed E-state index contributed by atoms with van der Waals surface area (Å²) in [5, 5.41) is 0. The van der Waals surface area contributed by atoms with E-state index < -0.39 is 0 Å². The van der Waals surface area contributed by atoms with E-state index in [1.165, 1.54) is 0 Å². The van der Waals surface area contributed by atoms with Crippen LogP contribution in [0.15, 0.2) is 42.9 Å². The molecule has 7 nitrogen and oxygen atoms in total. The fourth-order valence-corrected chi connectivity index (χ4v) is 3.05. The maximum Gasteiger partial charge on any atom is 0.226 e. The number of imidazole rings is 1. The maximum absolute atomic E-state index is 5.43. The number of hydrogen-bond donors (Lipinski definition) is 0. The molecule has 1 aromatic carbocycles. The molecule has 0 aliphatic carbocycles. The van der Waals surface area contributed by atoms with Crippen molar-refractivity contribution >= 4 is 5.95 Å². The van der Waals surface area contributed by atoms with Crippen LogP contribution in [0.25, 0.3) is 22.6 Å². The van der Waals surface area contributed by atoms with Crippen LogP contribution in [0.5, 0.6) is 5.75 Å². The van der Waals surface area contributed by atoms with Gasteiger partial charge in [0, 0.05) is 44.3 Å². The lowest BCUT2D eigenvalue weighted by Gasteiger charge is -2.27. The van der Waals surface area contributed by atoms with Gasteiger partial charge in [-0.1, -0.05) is 12.1 Å². The topological polar surface area (TPSA) is 65.3 Å². The van der Waals surface area contributed by atoms with Crippen molar-refractivity contribution in [1.82, 2.24) is 19.5 Å². The molecule has 1 aliphatic rings. The van der Waals surface area contributed by atoms with E-state index in [1.807, 2.05) is 48.3 Å². The second kappa shape index (κ2) is 7.13. The summed E-state index contributed by atoms with van der Waals surface area (Å²) >= 11 is 0. The van der Waals surface area contributed by atoms with Gasteiger partial charge in [0.15, 0.2) is 5.82 Å². The third-order valence-electron chi connectivity index (χ3n) is 4.48. The highest BCUT2D eigenvalue weighted by Gasteiger charge is 2.19. The van der Waals surface area contributed by atoms with E-state index in [4.69, 9.17) is 14.5 Å². The molecule has 0 N–H and O–H groups in total. The number of morpholine rings is 1. The molecule has 1 fully saturated rings. The molecule has 3 aromatic rings. The number of methoxy groups -OCH3 is 1. The lowest BCUT2D eigenvalue weighted by atomic mass is 10.0. The second-order valence-electron chi connectivity index (χ2n) is 6.13. The minimum atomic E-state index is 0.693. The van der Waals surface area contributed by atoms with Gasteiger partial charge in [-0.2, -0.15) is 0 Å². The molecule has 2 aromatic heterocycles. The largest absolute Gasteiger partial charge is 0.497 e. The fourth-order valence-electron chi connectivity index (χ4n) is 3.05. The number of hydrogen-bond acceptors (Lipinski definition) is 6. The van der Waals surface area contributed by atoms with Crippen molar-refractivity contribution in [2.24, 2.45) is 7.05 Å². The van der Waals surface area contributed by atoms with Gasteiger partial charge in [0.1, 0.15) is 11.4 Å². The SMILES string of the molecule is COc1cccc(-c2cnc(N3CCOCC3)nc2-c2nccn2C)c1. The number of ether oxygens (including phenoxy) is 2. The van der Waals surface area contributed by atoms with Gasteiger partial charge >= 0.3 is 0 Å². The molecule has 0 unspecified atom stereocenters. The highest BCUT2D eigenvalue weighted by Crippen LogP contribution is 2.32. The average molecular weight is 351 g/mol. The van der Waals surface area contributed by atoms with E-state index in [0.29, 0.717) is 19.2 Å². The van der Waals surface area contributed by atoms with Crippen molar-refractivity contribution in [3.63, 3.8) is 0 Å². The quantitative estimate of drug-likeness (QED) is 0.719. The van der Waals surface area contributed by atoms with Gasteiger partial charge in [-0.25, -0.2) is 15.0 Å². The third kappa shape index (κ3) is 3.13. The molecule has 7 heteroatoms. The van der Waals surface area contributed by atoms with Crippen LogP contribution in [0.2, 0.25) is 0 Å². The molecule has 0 saturated carbocycles. The normalized spacial score (nSPS) is 14.5. The summed E-state index contributed by atoms with van der Waals surface area (Å²) in [6.07, 6.45) is 5.57. The van der Waals surface area contributed by atoms with Gasteiger partial charge < -0.3 is 18.9 Å². The Kier molecular flexibility index (Phi) is 4.53. The molecular weight excluding hydrogens is 330 g/mol. The Bertz CT molecular complexity index is 902. The first kappa shape index (κ1) is 16.5. The molecule has 0 spiro atoms. The number of nitrogens with zero attached hydrogens (tertiary/aromatic N) is 5. The van der Waals surface area contributed by atoms with Crippen LogP contribution in [-0.2, 0) is 11.8 Å². The smallest absolute Gasteiger partial charge is 0.226 e. The van der Waals surface area contributed by atoms with Crippen LogP contribution < -0.4 is 9.64 Å². The van der Waals surface area contributed by atoms with Gasteiger partial charge in [0.2, 0.25) is 5.95 Å². The molecule has 1 aliphatic heterocycles. The fraction of sp³-hybridized carbons (Fsp3) is 0.316. The molecule has 0 atom stereocenters. The van der Waals surface area contributed by atoms with Crippen molar-refractivity contribution in [1.29, 1.82) is 0 Å². The van der Waals surface area contributed by atoms with Crippen LogP contribution in [0, 0.1) is 0 Å². The van der Waals surface area contributed by atoms with E-state index >= 15 is 0 Å². The van der Waals surface area contributed by atoms with Crippen molar-refractivity contribution in [3.05, 3.63) is 42.9 Å². The predicted octanol–water partition coefficient (Wildman–Crippen LogP) is 2.39. The summed E-state index contributed by atoms with van der Waals surface area (Å²) < 4.78 is 12.8. The average Bonchev–Trinajstić information content (AvgIpc) is 3.14. The van der Waals surface area contributed by atoms with E-state index in [9.17, 15) is 0 Å². The van der Waals surface area contributed by atoms with Gasteiger partial charge in [-0.3, -0.25) is 0 Å². The number of anilines is 1. The van der Waals surface area contributed by atoms with Crippen molar-refractivity contribution < 1.29 is 9.47 Å². The van der Waals surface area contributed by atoms with Gasteiger partial charge in [-0.05, 0) is 17.7 Å². The second-order valence-corrected chi connectivity index (χ2v) is 6.13. The Morgan fingerprint density at radius 2 is 2.00 bits per heavy atom. The molecule has 1 saturated heterocycles. The number of aromatic nitrogens is 4. The maximum atomic E-state index is 5.43. The van der Waals surface area contributed by atoms with Gasteiger partial charge in [0.25, 0.3) is 0 Å². The minimum Gasteiger partial charge on any atom is -0.497 e. The van der Waals surface area contributed by atoms with Crippen LogP contribution in [-0.4, -0.2) is 52.9 Å². The Morgan fingerprint density at radius 3 is 2.73 bits per heavy atom. The zero-order valence-corrected chi connectivity index (χ0v) is 14.9. The molecular formula is C19H21N5O2. The van der Waals surface area contributed by atoms with E-state index in [0.717, 1.165) is 41.5 Å². The molecule has 26 heavy (non-hydrogen) atoms. The van der Waals surface area contributed by atoms with Crippen molar-refractivity contribution in [2.75, 3.05) is 38.3 Å². The first-order valence-corrected chi connectivity index (χ1v) is 8.58. The minimum absolute atomic E-state index is 0.693. The Balaban J connectivity index is 1.83. The van der Waals surface area contributed by atoms with Crippen LogP contribution in [0.3, 0.4) is 0 Å². The number of aryl methyl sites for hydroxylation is 1. The lowest BCUT2D eigenvalue weighted by Crippen LogP contribution is -2.37. The predicted molar refractivity (Wildman–Crippen MR) is 99.3 cm³/mol.